The van der Waals surface area contributed by atoms with Gasteiger partial charge in [-0.25, -0.2) is 13.4 Å². The molecule has 3 aromatic carbocycles. The first-order valence-electron chi connectivity index (χ1n) is 9.77. The molecule has 0 aliphatic carbocycles. The molecule has 0 atom stereocenters. The van der Waals surface area contributed by atoms with Crippen LogP contribution in [0.2, 0.25) is 0 Å². The Balaban J connectivity index is 1.62. The summed E-state index contributed by atoms with van der Waals surface area (Å²) < 4.78 is 28.2. The van der Waals surface area contributed by atoms with Crippen molar-refractivity contribution in [2.75, 3.05) is 4.72 Å². The highest BCUT2D eigenvalue weighted by molar-refractivity contribution is 7.99. The van der Waals surface area contributed by atoms with E-state index in [-0.39, 0.29) is 20.6 Å². The lowest BCUT2D eigenvalue weighted by Gasteiger charge is -2.11. The summed E-state index contributed by atoms with van der Waals surface area (Å²) in [6.07, 6.45) is 0. The quantitative estimate of drug-likeness (QED) is 0.282. The van der Waals surface area contributed by atoms with Crippen LogP contribution in [0.15, 0.2) is 81.7 Å². The molecule has 0 aliphatic rings. The fraction of sp³-hybridized carbons (Fsp3) is 0.0909. The van der Waals surface area contributed by atoms with Crippen LogP contribution in [0.4, 0.5) is 11.4 Å². The third-order valence-electron chi connectivity index (χ3n) is 4.78. The number of nitrogens with zero attached hydrogens (tertiary/aromatic N) is 3. The number of nitro benzene ring substituents is 1. The lowest BCUT2D eigenvalue weighted by molar-refractivity contribution is -0.388. The zero-order valence-corrected chi connectivity index (χ0v) is 19.3. The number of hydrogen-bond acceptors (Lipinski definition) is 7. The Bertz CT molecular complexity index is 1440. The second kappa shape index (κ2) is 9.04. The molecule has 2 N–H and O–H groups in total. The molecule has 4 rings (SSSR count). The summed E-state index contributed by atoms with van der Waals surface area (Å²) in [6, 6.07) is 18.4. The molecular weight excluding hydrogens is 462 g/mol. The van der Waals surface area contributed by atoms with Gasteiger partial charge in [0.15, 0.2) is 5.82 Å². The first-order chi connectivity index (χ1) is 15.7. The molecule has 0 unspecified atom stereocenters. The smallest absolute Gasteiger partial charge is 0.279 e. The number of H-pyrrole nitrogens is 1. The molecule has 0 radical (unpaired) electrons. The second-order valence-electron chi connectivity index (χ2n) is 7.25. The molecule has 0 aliphatic heterocycles. The van der Waals surface area contributed by atoms with Crippen LogP contribution in [0.3, 0.4) is 0 Å². The number of benzene rings is 3. The van der Waals surface area contributed by atoms with Crippen LogP contribution in [-0.4, -0.2) is 28.5 Å². The van der Waals surface area contributed by atoms with Gasteiger partial charge in [-0.3, -0.25) is 19.9 Å². The molecule has 33 heavy (non-hydrogen) atoms. The van der Waals surface area contributed by atoms with Crippen LogP contribution in [0, 0.1) is 24.0 Å². The highest BCUT2D eigenvalue weighted by Crippen LogP contribution is 2.35. The third kappa shape index (κ3) is 5.04. The third-order valence-corrected chi connectivity index (χ3v) is 7.07. The molecule has 1 aromatic heterocycles. The van der Waals surface area contributed by atoms with Crippen molar-refractivity contribution in [1.82, 2.24) is 15.2 Å². The van der Waals surface area contributed by atoms with E-state index >= 15 is 0 Å². The normalized spacial score (nSPS) is 11.3. The van der Waals surface area contributed by atoms with E-state index in [1.165, 1.54) is 12.1 Å². The lowest BCUT2D eigenvalue weighted by Crippen LogP contribution is -2.14. The fourth-order valence-electron chi connectivity index (χ4n) is 3.14. The maximum Gasteiger partial charge on any atom is 0.284 e. The number of aryl methyl sites for hydroxylation is 2. The zero-order chi connectivity index (χ0) is 23.6. The standard InChI is InChI=1S/C22H19N5O4S2/c1-14-8-10-18(15(2)12-14)26-33(30,31)17-9-11-20(19(13-17)27(28)29)32-22-23-21(24-25-22)16-6-4-3-5-7-16/h3-13,26H,1-2H3,(H,23,24,25). The van der Waals surface area contributed by atoms with E-state index in [0.717, 1.165) is 34.5 Å². The van der Waals surface area contributed by atoms with Gasteiger partial charge in [-0.05, 0) is 49.4 Å². The summed E-state index contributed by atoms with van der Waals surface area (Å²) in [6.45, 7) is 3.69. The number of aromatic amines is 1. The zero-order valence-electron chi connectivity index (χ0n) is 17.6. The van der Waals surface area contributed by atoms with E-state index < -0.39 is 14.9 Å². The van der Waals surface area contributed by atoms with Crippen LogP contribution in [0.25, 0.3) is 11.4 Å². The molecule has 0 spiro atoms. The number of hydrogen-bond donors (Lipinski definition) is 2. The number of anilines is 1. The van der Waals surface area contributed by atoms with E-state index in [1.54, 1.807) is 19.1 Å². The Morgan fingerprint density at radius 3 is 2.48 bits per heavy atom. The summed E-state index contributed by atoms with van der Waals surface area (Å²) in [5, 5.41) is 18.9. The average molecular weight is 482 g/mol. The predicted octanol–water partition coefficient (Wildman–Crippen LogP) is 4.95. The minimum absolute atomic E-state index is 0.210. The van der Waals surface area contributed by atoms with E-state index in [4.69, 9.17) is 0 Å². The number of sulfonamides is 1. The number of nitro groups is 1. The van der Waals surface area contributed by atoms with Crippen LogP contribution in [0.5, 0.6) is 0 Å². The van der Waals surface area contributed by atoms with Gasteiger partial charge in [0.1, 0.15) is 0 Å². The molecule has 0 amide bonds. The van der Waals surface area contributed by atoms with Crippen LogP contribution in [0.1, 0.15) is 11.1 Å². The lowest BCUT2D eigenvalue weighted by atomic mass is 10.1. The minimum atomic E-state index is -4.03. The van der Waals surface area contributed by atoms with E-state index in [9.17, 15) is 18.5 Å². The molecule has 4 aromatic rings. The van der Waals surface area contributed by atoms with Crippen molar-refractivity contribution in [3.63, 3.8) is 0 Å². The Hall–Kier alpha value is -3.70. The van der Waals surface area contributed by atoms with Gasteiger partial charge in [0.25, 0.3) is 15.7 Å². The van der Waals surface area contributed by atoms with Gasteiger partial charge in [-0.1, -0.05) is 48.0 Å². The van der Waals surface area contributed by atoms with Gasteiger partial charge in [0.05, 0.1) is 20.4 Å². The molecule has 9 nitrogen and oxygen atoms in total. The largest absolute Gasteiger partial charge is 0.284 e. The molecule has 0 saturated carbocycles. The maximum atomic E-state index is 12.9. The van der Waals surface area contributed by atoms with E-state index in [2.05, 4.69) is 19.9 Å². The molecule has 0 fully saturated rings. The van der Waals surface area contributed by atoms with Crippen molar-refractivity contribution >= 4 is 33.2 Å². The van der Waals surface area contributed by atoms with Crippen LogP contribution >= 0.6 is 11.8 Å². The first kappa shape index (κ1) is 22.5. The Morgan fingerprint density at radius 1 is 1.03 bits per heavy atom. The van der Waals surface area contributed by atoms with Crippen molar-refractivity contribution in [3.05, 3.63) is 88.0 Å². The fourth-order valence-corrected chi connectivity index (χ4v) is 5.09. The molecular formula is C22H19N5O4S2. The first-order valence-corrected chi connectivity index (χ1v) is 12.1. The highest BCUT2D eigenvalue weighted by atomic mass is 32.2. The average Bonchev–Trinajstić information content (AvgIpc) is 3.25. The summed E-state index contributed by atoms with van der Waals surface area (Å²) in [5.74, 6) is 0.526. The van der Waals surface area contributed by atoms with Gasteiger partial charge in [-0.15, -0.1) is 5.10 Å². The Morgan fingerprint density at radius 2 is 1.79 bits per heavy atom. The number of rotatable bonds is 7. The van der Waals surface area contributed by atoms with E-state index in [0.29, 0.717) is 11.5 Å². The highest BCUT2D eigenvalue weighted by Gasteiger charge is 2.23. The van der Waals surface area contributed by atoms with Gasteiger partial charge in [0.2, 0.25) is 5.16 Å². The summed E-state index contributed by atoms with van der Waals surface area (Å²) in [5.41, 5.74) is 2.63. The molecule has 0 saturated heterocycles. The number of aromatic nitrogens is 3. The van der Waals surface area contributed by atoms with Crippen molar-refractivity contribution < 1.29 is 13.3 Å². The van der Waals surface area contributed by atoms with Crippen LogP contribution in [-0.2, 0) is 10.0 Å². The maximum absolute atomic E-state index is 12.9. The molecule has 1 heterocycles. The second-order valence-corrected chi connectivity index (χ2v) is 9.94. The van der Waals surface area contributed by atoms with Gasteiger partial charge >= 0.3 is 0 Å². The molecule has 0 bridgehead atoms. The Labute approximate surface area is 194 Å². The van der Waals surface area contributed by atoms with E-state index in [1.807, 2.05) is 43.3 Å². The number of nitrogens with one attached hydrogen (secondary N) is 2. The molecule has 11 heteroatoms. The summed E-state index contributed by atoms with van der Waals surface area (Å²) in [4.78, 5) is 15.5. The van der Waals surface area contributed by atoms with Crippen molar-refractivity contribution in [2.45, 2.75) is 28.8 Å². The topological polar surface area (TPSA) is 131 Å². The van der Waals surface area contributed by atoms with Crippen LogP contribution < -0.4 is 4.72 Å². The minimum Gasteiger partial charge on any atom is -0.279 e. The predicted molar refractivity (Wildman–Crippen MR) is 126 cm³/mol. The van der Waals surface area contributed by atoms with Gasteiger partial charge in [0, 0.05) is 11.6 Å². The van der Waals surface area contributed by atoms with Crippen molar-refractivity contribution in [3.8, 4) is 11.4 Å². The molecule has 168 valence electrons. The SMILES string of the molecule is Cc1ccc(NS(=O)(=O)c2ccc(Sc3n[nH]c(-c4ccccc4)n3)c([N+](=O)[O-])c2)c(C)c1. The van der Waals surface area contributed by atoms with Gasteiger partial charge in [-0.2, -0.15) is 0 Å². The van der Waals surface area contributed by atoms with Gasteiger partial charge < -0.3 is 0 Å². The Kier molecular flexibility index (Phi) is 6.16. The summed E-state index contributed by atoms with van der Waals surface area (Å²) >= 11 is 0.975. The van der Waals surface area contributed by atoms with Crippen molar-refractivity contribution in [1.29, 1.82) is 0 Å². The van der Waals surface area contributed by atoms with Crippen molar-refractivity contribution in [2.24, 2.45) is 0 Å². The summed E-state index contributed by atoms with van der Waals surface area (Å²) in [7, 11) is -4.03. The monoisotopic (exact) mass is 481 g/mol.